The summed E-state index contributed by atoms with van der Waals surface area (Å²) in [6.45, 7) is 5.37. The molecule has 1 aromatic heterocycles. The molecule has 1 amide bonds. The van der Waals surface area contributed by atoms with Crippen LogP contribution in [-0.4, -0.2) is 41.5 Å². The van der Waals surface area contributed by atoms with Crippen LogP contribution in [0.5, 0.6) is 0 Å². The summed E-state index contributed by atoms with van der Waals surface area (Å²) < 4.78 is 0. The molecule has 5 heteroatoms. The van der Waals surface area contributed by atoms with Gasteiger partial charge in [0, 0.05) is 39.8 Å². The third kappa shape index (κ3) is 3.88. The molecule has 130 valence electrons. The van der Waals surface area contributed by atoms with Crippen molar-refractivity contribution in [3.63, 3.8) is 0 Å². The van der Waals surface area contributed by atoms with Gasteiger partial charge in [-0.15, -0.1) is 0 Å². The van der Waals surface area contributed by atoms with Crippen molar-refractivity contribution in [3.05, 3.63) is 53.9 Å². The number of carbonyl (C=O) groups is 1. The number of benzene rings is 1. The second-order valence-corrected chi connectivity index (χ2v) is 8.13. The third-order valence-electron chi connectivity index (χ3n) is 5.21. The lowest BCUT2D eigenvalue weighted by molar-refractivity contribution is 0.0620. The molecule has 1 N–H and O–H groups in total. The zero-order chi connectivity index (χ0) is 17.2. The SMILES string of the molecule is Cc1ccc(Sc2ccc(C(=O)NC3CN4CCC3CC4)cc2)cn1. The van der Waals surface area contributed by atoms with Gasteiger partial charge in [-0.05, 0) is 75.2 Å². The zero-order valence-corrected chi connectivity index (χ0v) is 15.3. The Morgan fingerprint density at radius 2 is 1.84 bits per heavy atom. The molecule has 0 spiro atoms. The molecule has 0 radical (unpaired) electrons. The van der Waals surface area contributed by atoms with Crippen LogP contribution in [0.2, 0.25) is 0 Å². The average Bonchev–Trinajstić information content (AvgIpc) is 2.65. The van der Waals surface area contributed by atoms with Crippen LogP contribution in [0.3, 0.4) is 0 Å². The van der Waals surface area contributed by atoms with Gasteiger partial charge >= 0.3 is 0 Å². The van der Waals surface area contributed by atoms with Crippen molar-refractivity contribution in [3.8, 4) is 0 Å². The van der Waals surface area contributed by atoms with E-state index in [0.29, 0.717) is 12.0 Å². The predicted molar refractivity (Wildman–Crippen MR) is 100.0 cm³/mol. The molecule has 3 fully saturated rings. The number of pyridine rings is 1. The van der Waals surface area contributed by atoms with Gasteiger partial charge in [-0.3, -0.25) is 9.78 Å². The molecule has 1 unspecified atom stereocenters. The van der Waals surface area contributed by atoms with E-state index in [-0.39, 0.29) is 5.91 Å². The number of nitrogens with zero attached hydrogens (tertiary/aromatic N) is 2. The van der Waals surface area contributed by atoms with Gasteiger partial charge in [0.15, 0.2) is 0 Å². The summed E-state index contributed by atoms with van der Waals surface area (Å²) in [5, 5.41) is 3.24. The van der Waals surface area contributed by atoms with Crippen molar-refractivity contribution >= 4 is 17.7 Å². The first kappa shape index (κ1) is 16.6. The summed E-state index contributed by atoms with van der Waals surface area (Å²) >= 11 is 1.66. The first-order valence-electron chi connectivity index (χ1n) is 8.91. The number of carbonyl (C=O) groups excluding carboxylic acids is 1. The molecule has 4 heterocycles. The van der Waals surface area contributed by atoms with Gasteiger partial charge in [0.05, 0.1) is 0 Å². The van der Waals surface area contributed by atoms with Crippen LogP contribution < -0.4 is 5.32 Å². The highest BCUT2D eigenvalue weighted by molar-refractivity contribution is 7.99. The van der Waals surface area contributed by atoms with Crippen LogP contribution in [0.25, 0.3) is 0 Å². The lowest BCUT2D eigenvalue weighted by atomic mass is 9.84. The maximum absolute atomic E-state index is 12.5. The highest BCUT2D eigenvalue weighted by Crippen LogP contribution is 2.29. The third-order valence-corrected chi connectivity index (χ3v) is 6.19. The van der Waals surface area contributed by atoms with E-state index in [1.807, 2.05) is 43.5 Å². The maximum atomic E-state index is 12.5. The molecule has 2 bridgehead atoms. The van der Waals surface area contributed by atoms with Crippen molar-refractivity contribution in [1.29, 1.82) is 0 Å². The Morgan fingerprint density at radius 3 is 2.44 bits per heavy atom. The van der Waals surface area contributed by atoms with Crippen LogP contribution in [0.1, 0.15) is 28.9 Å². The van der Waals surface area contributed by atoms with Gasteiger partial charge in [-0.1, -0.05) is 11.8 Å². The molecule has 0 aliphatic carbocycles. The van der Waals surface area contributed by atoms with Gasteiger partial charge in [-0.2, -0.15) is 0 Å². The topological polar surface area (TPSA) is 45.2 Å². The number of rotatable bonds is 4. The highest BCUT2D eigenvalue weighted by Gasteiger charge is 2.34. The van der Waals surface area contributed by atoms with Gasteiger partial charge in [0.1, 0.15) is 0 Å². The van der Waals surface area contributed by atoms with E-state index in [1.165, 1.54) is 25.9 Å². The minimum atomic E-state index is 0.0484. The Kier molecular flexibility index (Phi) is 4.77. The quantitative estimate of drug-likeness (QED) is 0.915. The van der Waals surface area contributed by atoms with Crippen LogP contribution in [0.15, 0.2) is 52.4 Å². The fraction of sp³-hybridized carbons (Fsp3) is 0.400. The number of piperidine rings is 3. The van der Waals surface area contributed by atoms with Gasteiger partial charge in [0.2, 0.25) is 0 Å². The number of fused-ring (bicyclic) bond motifs is 3. The summed E-state index contributed by atoms with van der Waals surface area (Å²) in [5.74, 6) is 0.699. The molecule has 5 rings (SSSR count). The molecule has 1 aromatic carbocycles. The number of amides is 1. The molecule has 2 aromatic rings. The number of hydrogen-bond donors (Lipinski definition) is 1. The summed E-state index contributed by atoms with van der Waals surface area (Å²) in [5.41, 5.74) is 1.76. The van der Waals surface area contributed by atoms with Crippen LogP contribution in [-0.2, 0) is 0 Å². The monoisotopic (exact) mass is 353 g/mol. The van der Waals surface area contributed by atoms with Gasteiger partial charge in [-0.25, -0.2) is 0 Å². The van der Waals surface area contributed by atoms with E-state index in [2.05, 4.69) is 21.3 Å². The first-order chi connectivity index (χ1) is 12.2. The van der Waals surface area contributed by atoms with E-state index >= 15 is 0 Å². The lowest BCUT2D eigenvalue weighted by Gasteiger charge is -2.44. The maximum Gasteiger partial charge on any atom is 0.251 e. The molecule has 4 nitrogen and oxygen atoms in total. The summed E-state index contributed by atoms with van der Waals surface area (Å²) in [6, 6.07) is 12.2. The van der Waals surface area contributed by atoms with E-state index in [1.54, 1.807) is 11.8 Å². The Hall–Kier alpha value is -1.85. The molecule has 3 aliphatic rings. The first-order valence-corrected chi connectivity index (χ1v) is 9.73. The Morgan fingerprint density at radius 1 is 1.12 bits per heavy atom. The van der Waals surface area contributed by atoms with E-state index in [9.17, 15) is 4.79 Å². The van der Waals surface area contributed by atoms with Crippen molar-refractivity contribution in [1.82, 2.24) is 15.2 Å². The van der Waals surface area contributed by atoms with Crippen LogP contribution in [0, 0.1) is 12.8 Å². The lowest BCUT2D eigenvalue weighted by Crippen LogP contribution is -2.57. The van der Waals surface area contributed by atoms with Crippen LogP contribution in [0.4, 0.5) is 0 Å². The fourth-order valence-corrected chi connectivity index (χ4v) is 4.49. The molecule has 0 saturated carbocycles. The van der Waals surface area contributed by atoms with Crippen molar-refractivity contribution in [2.45, 2.75) is 35.6 Å². The molecule has 1 atom stereocenters. The minimum absolute atomic E-state index is 0.0484. The fourth-order valence-electron chi connectivity index (χ4n) is 3.71. The Bertz CT molecular complexity index is 737. The number of aryl methyl sites for hydroxylation is 1. The average molecular weight is 353 g/mol. The summed E-state index contributed by atoms with van der Waals surface area (Å²) in [7, 11) is 0. The number of hydrogen-bond acceptors (Lipinski definition) is 4. The largest absolute Gasteiger partial charge is 0.348 e. The summed E-state index contributed by atoms with van der Waals surface area (Å²) in [6.07, 6.45) is 4.31. The van der Waals surface area contributed by atoms with Crippen molar-refractivity contribution < 1.29 is 4.79 Å². The molecule has 25 heavy (non-hydrogen) atoms. The standard InChI is InChI=1S/C20H23N3OS/c1-14-2-5-18(12-21-14)25-17-6-3-16(4-7-17)20(24)22-19-13-23-10-8-15(19)9-11-23/h2-7,12,15,19H,8-11,13H2,1H3,(H,22,24). The Balaban J connectivity index is 1.38. The second kappa shape index (κ2) is 7.18. The smallest absolute Gasteiger partial charge is 0.251 e. The summed E-state index contributed by atoms with van der Waals surface area (Å²) in [4.78, 5) is 21.5. The van der Waals surface area contributed by atoms with E-state index in [4.69, 9.17) is 0 Å². The van der Waals surface area contributed by atoms with E-state index < -0.39 is 0 Å². The van der Waals surface area contributed by atoms with E-state index in [0.717, 1.165) is 27.6 Å². The minimum Gasteiger partial charge on any atom is -0.348 e. The van der Waals surface area contributed by atoms with Gasteiger partial charge in [0.25, 0.3) is 5.91 Å². The number of aromatic nitrogens is 1. The van der Waals surface area contributed by atoms with Crippen molar-refractivity contribution in [2.75, 3.05) is 19.6 Å². The molecular formula is C20H23N3OS. The predicted octanol–water partition coefficient (Wildman–Crippen LogP) is 3.37. The molecular weight excluding hydrogens is 330 g/mol. The van der Waals surface area contributed by atoms with Gasteiger partial charge < -0.3 is 10.2 Å². The molecule has 3 saturated heterocycles. The zero-order valence-electron chi connectivity index (χ0n) is 14.4. The van der Waals surface area contributed by atoms with Crippen LogP contribution >= 0.6 is 11.8 Å². The van der Waals surface area contributed by atoms with Crippen molar-refractivity contribution in [2.24, 2.45) is 5.92 Å². The number of nitrogens with one attached hydrogen (secondary N) is 1. The highest BCUT2D eigenvalue weighted by atomic mass is 32.2. The molecule has 3 aliphatic heterocycles. The Labute approximate surface area is 153 Å². The normalized spacial score (nSPS) is 24.9. The second-order valence-electron chi connectivity index (χ2n) is 6.98.